The molecule has 0 saturated heterocycles. The van der Waals surface area contributed by atoms with Gasteiger partial charge in [-0.1, -0.05) is 24.3 Å². The molecule has 0 fully saturated rings. The molecule has 1 heterocycles. The average Bonchev–Trinajstić information content (AvgIpc) is 2.65. The van der Waals surface area contributed by atoms with E-state index in [1.807, 2.05) is 0 Å². The van der Waals surface area contributed by atoms with Gasteiger partial charge in [-0.15, -0.1) is 0 Å². The van der Waals surface area contributed by atoms with E-state index < -0.39 is 17.9 Å². The van der Waals surface area contributed by atoms with Crippen molar-refractivity contribution in [2.24, 2.45) is 0 Å². The first-order valence-corrected chi connectivity index (χ1v) is 7.14. The predicted octanol–water partition coefficient (Wildman–Crippen LogP) is 1.59. The van der Waals surface area contributed by atoms with Gasteiger partial charge in [0.25, 0.3) is 5.91 Å². The number of benzene rings is 2. The van der Waals surface area contributed by atoms with E-state index in [0.29, 0.717) is 16.9 Å². The van der Waals surface area contributed by atoms with Crippen LogP contribution in [0.5, 0.6) is 0 Å². The minimum Gasteiger partial charge on any atom is -0.398 e. The van der Waals surface area contributed by atoms with E-state index in [1.54, 1.807) is 48.5 Å². The van der Waals surface area contributed by atoms with E-state index in [9.17, 15) is 14.4 Å². The number of nitrogen functional groups attached to an aromatic ring is 1. The number of ketones is 1. The number of hydrogen-bond acceptors (Lipinski definition) is 4. The fourth-order valence-corrected chi connectivity index (χ4v) is 2.50. The van der Waals surface area contributed by atoms with Gasteiger partial charge in [0.05, 0.1) is 11.3 Å². The van der Waals surface area contributed by atoms with Crippen LogP contribution in [0.4, 0.5) is 11.4 Å². The number of fused-ring (bicyclic) bond motifs is 1. The number of anilines is 2. The lowest BCUT2D eigenvalue weighted by molar-refractivity contribution is -0.117. The molecule has 6 nitrogen and oxygen atoms in total. The topological polar surface area (TPSA) is 101 Å². The molecule has 0 saturated carbocycles. The van der Waals surface area contributed by atoms with Crippen molar-refractivity contribution < 1.29 is 14.4 Å². The van der Waals surface area contributed by atoms with Gasteiger partial charge in [-0.05, 0) is 24.3 Å². The average molecular weight is 309 g/mol. The summed E-state index contributed by atoms with van der Waals surface area (Å²) in [5, 5.41) is 5.25. The molecular formula is C17H15N3O3. The molecule has 2 aromatic carbocycles. The van der Waals surface area contributed by atoms with E-state index in [-0.39, 0.29) is 17.8 Å². The molecule has 0 spiro atoms. The van der Waals surface area contributed by atoms with Crippen molar-refractivity contribution in [2.45, 2.75) is 12.5 Å². The first kappa shape index (κ1) is 14.8. The number of carbonyl (C=O) groups is 3. The van der Waals surface area contributed by atoms with Crippen molar-refractivity contribution in [1.29, 1.82) is 0 Å². The molecule has 2 aromatic rings. The molecule has 0 aromatic heterocycles. The maximum Gasteiger partial charge on any atom is 0.254 e. The number of nitrogens with one attached hydrogen (secondary N) is 2. The summed E-state index contributed by atoms with van der Waals surface area (Å²) in [5.74, 6) is -1.11. The molecule has 1 aliphatic heterocycles. The van der Waals surface area contributed by atoms with Crippen LogP contribution >= 0.6 is 0 Å². The molecule has 23 heavy (non-hydrogen) atoms. The van der Waals surface area contributed by atoms with Crippen LogP contribution in [0.2, 0.25) is 0 Å². The number of para-hydroxylation sites is 2. The minimum absolute atomic E-state index is 0.0959. The third-order valence-corrected chi connectivity index (χ3v) is 3.70. The summed E-state index contributed by atoms with van der Waals surface area (Å²) in [5.41, 5.74) is 7.24. The zero-order valence-corrected chi connectivity index (χ0v) is 12.2. The molecule has 2 amide bonds. The number of amides is 2. The van der Waals surface area contributed by atoms with Gasteiger partial charge in [0.15, 0.2) is 5.78 Å². The molecule has 6 heteroatoms. The van der Waals surface area contributed by atoms with Gasteiger partial charge in [0.2, 0.25) is 5.91 Å². The normalized spacial score (nSPS) is 17.0. The number of carbonyl (C=O) groups excluding carboxylic acids is 3. The highest BCUT2D eigenvalue weighted by Gasteiger charge is 2.30. The molecule has 116 valence electrons. The lowest BCUT2D eigenvalue weighted by atomic mass is 10.0. The Labute approximate surface area is 132 Å². The lowest BCUT2D eigenvalue weighted by Gasteiger charge is -2.15. The van der Waals surface area contributed by atoms with Gasteiger partial charge in [0, 0.05) is 17.7 Å². The zero-order chi connectivity index (χ0) is 16.4. The number of nitrogens with two attached hydrogens (primary N) is 1. The van der Waals surface area contributed by atoms with Gasteiger partial charge in [0.1, 0.15) is 6.04 Å². The molecule has 3 rings (SSSR count). The van der Waals surface area contributed by atoms with E-state index in [0.717, 1.165) is 0 Å². The Morgan fingerprint density at radius 1 is 1.09 bits per heavy atom. The number of rotatable bonds is 2. The van der Waals surface area contributed by atoms with E-state index in [1.165, 1.54) is 0 Å². The standard InChI is InChI=1S/C17H15N3O3/c18-12-7-3-1-5-10(12)16(22)20-14-9-15(21)11-6-2-4-8-13(11)19-17(14)23/h1-8,14H,9,18H2,(H,19,23)(H,20,22)/t14-/m1/s1. The van der Waals surface area contributed by atoms with Crippen molar-refractivity contribution in [1.82, 2.24) is 5.32 Å². The molecule has 1 aliphatic rings. The summed E-state index contributed by atoms with van der Waals surface area (Å²) in [7, 11) is 0. The molecule has 4 N–H and O–H groups in total. The van der Waals surface area contributed by atoms with Crippen LogP contribution in [0.25, 0.3) is 0 Å². The first-order valence-electron chi connectivity index (χ1n) is 7.14. The summed E-state index contributed by atoms with van der Waals surface area (Å²) in [6.07, 6.45) is -0.0959. The second kappa shape index (κ2) is 5.92. The highest BCUT2D eigenvalue weighted by molar-refractivity contribution is 6.12. The van der Waals surface area contributed by atoms with Crippen molar-refractivity contribution in [3.8, 4) is 0 Å². The summed E-state index contributed by atoms with van der Waals surface area (Å²) in [4.78, 5) is 36.8. The Hall–Kier alpha value is -3.15. The van der Waals surface area contributed by atoms with E-state index in [4.69, 9.17) is 5.73 Å². The van der Waals surface area contributed by atoms with Crippen LogP contribution in [0.15, 0.2) is 48.5 Å². The smallest absolute Gasteiger partial charge is 0.254 e. The summed E-state index contributed by atoms with van der Waals surface area (Å²) >= 11 is 0. The Bertz CT molecular complexity index is 801. The Kier molecular flexibility index (Phi) is 3.80. The fraction of sp³-hybridized carbons (Fsp3) is 0.118. The third-order valence-electron chi connectivity index (χ3n) is 3.70. The van der Waals surface area contributed by atoms with Crippen LogP contribution in [0.3, 0.4) is 0 Å². The van der Waals surface area contributed by atoms with Gasteiger partial charge < -0.3 is 16.4 Å². The summed E-state index contributed by atoms with van der Waals surface area (Å²) < 4.78 is 0. The quantitative estimate of drug-likeness (QED) is 0.733. The van der Waals surface area contributed by atoms with Gasteiger partial charge in [-0.2, -0.15) is 0 Å². The second-order valence-electron chi connectivity index (χ2n) is 5.28. The van der Waals surface area contributed by atoms with Crippen molar-refractivity contribution in [3.63, 3.8) is 0 Å². The van der Waals surface area contributed by atoms with Gasteiger partial charge in [-0.25, -0.2) is 0 Å². The molecular weight excluding hydrogens is 294 g/mol. The maximum absolute atomic E-state index is 12.3. The van der Waals surface area contributed by atoms with Crippen molar-refractivity contribution in [2.75, 3.05) is 11.1 Å². The Morgan fingerprint density at radius 3 is 2.57 bits per heavy atom. The zero-order valence-electron chi connectivity index (χ0n) is 12.2. The molecule has 0 radical (unpaired) electrons. The number of hydrogen-bond donors (Lipinski definition) is 3. The van der Waals surface area contributed by atoms with Gasteiger partial charge >= 0.3 is 0 Å². The van der Waals surface area contributed by atoms with Crippen LogP contribution < -0.4 is 16.4 Å². The van der Waals surface area contributed by atoms with Crippen molar-refractivity contribution in [3.05, 3.63) is 59.7 Å². The summed E-state index contributed by atoms with van der Waals surface area (Å²) in [6.45, 7) is 0. The molecule has 0 unspecified atom stereocenters. The van der Waals surface area contributed by atoms with Gasteiger partial charge in [-0.3, -0.25) is 14.4 Å². The monoisotopic (exact) mass is 309 g/mol. The Morgan fingerprint density at radius 2 is 1.78 bits per heavy atom. The highest BCUT2D eigenvalue weighted by Crippen LogP contribution is 2.22. The SMILES string of the molecule is Nc1ccccc1C(=O)N[C@@H]1CC(=O)c2ccccc2NC1=O. The fourth-order valence-electron chi connectivity index (χ4n) is 2.50. The highest BCUT2D eigenvalue weighted by atomic mass is 16.2. The first-order chi connectivity index (χ1) is 11.1. The lowest BCUT2D eigenvalue weighted by Crippen LogP contribution is -2.44. The number of Topliss-reactive ketones (excluding diaryl/α,β-unsaturated/α-hetero) is 1. The molecule has 0 bridgehead atoms. The van der Waals surface area contributed by atoms with Crippen LogP contribution in [-0.4, -0.2) is 23.6 Å². The molecule has 0 aliphatic carbocycles. The largest absolute Gasteiger partial charge is 0.398 e. The minimum atomic E-state index is -0.943. The van der Waals surface area contributed by atoms with E-state index in [2.05, 4.69) is 10.6 Å². The third kappa shape index (κ3) is 2.91. The van der Waals surface area contributed by atoms with E-state index >= 15 is 0 Å². The summed E-state index contributed by atoms with van der Waals surface area (Å²) in [6, 6.07) is 12.4. The van der Waals surface area contributed by atoms with Crippen LogP contribution in [-0.2, 0) is 4.79 Å². The van der Waals surface area contributed by atoms with Crippen LogP contribution in [0, 0.1) is 0 Å². The predicted molar refractivity (Wildman–Crippen MR) is 86.1 cm³/mol. The Balaban J connectivity index is 1.82. The van der Waals surface area contributed by atoms with Crippen LogP contribution in [0.1, 0.15) is 27.1 Å². The second-order valence-corrected chi connectivity index (χ2v) is 5.28. The maximum atomic E-state index is 12.3. The van der Waals surface area contributed by atoms with Crippen molar-refractivity contribution >= 4 is 29.0 Å². The molecule has 1 atom stereocenters.